The van der Waals surface area contributed by atoms with Crippen LogP contribution in [0.25, 0.3) is 0 Å². The fraction of sp³-hybridized carbons (Fsp3) is 0.943. The number of carbonyl (C=O) groups excluding carboxylic acids is 4. The van der Waals surface area contributed by atoms with Gasteiger partial charge >= 0.3 is 39.5 Å². The first kappa shape index (κ1) is 87.1. The third-order valence-electron chi connectivity index (χ3n) is 16.8. The molecule has 0 rings (SSSR count). The standard InChI is InChI=1S/C70H136O17P2/c1-9-62(7)48-40-32-24-17-20-28-36-44-52-69(74)86-65(56-80-67(72)50-42-34-26-15-13-11-12-14-22-30-38-46-60(3)4)58-84-88(76,77)82-54-64(71)55-83-89(78,79)85-59-66(57-81-68(73)51-43-35-27-19-16-23-31-39-47-61(5)6)87-70(75)53-45-37-29-21-18-25-33-41-49-63(8)10-2/h60-66,71H,9-59H2,1-8H3,(H,76,77)(H,78,79)/t62?,63?,64?,65-,66-/m1/s1. The highest BCUT2D eigenvalue weighted by Crippen LogP contribution is 2.45. The zero-order valence-corrected chi connectivity index (χ0v) is 59.8. The van der Waals surface area contributed by atoms with Crippen LogP contribution in [0.15, 0.2) is 0 Å². The number of phosphoric acid groups is 2. The van der Waals surface area contributed by atoms with Crippen molar-refractivity contribution in [2.45, 2.75) is 363 Å². The van der Waals surface area contributed by atoms with Gasteiger partial charge in [0.25, 0.3) is 0 Å². The summed E-state index contributed by atoms with van der Waals surface area (Å²) in [5, 5.41) is 10.6. The molecule has 0 amide bonds. The average Bonchev–Trinajstić information content (AvgIpc) is 3.64. The maximum Gasteiger partial charge on any atom is 0.472 e. The van der Waals surface area contributed by atoms with Crippen molar-refractivity contribution in [3.8, 4) is 0 Å². The van der Waals surface area contributed by atoms with Crippen LogP contribution >= 0.6 is 15.6 Å². The molecule has 0 aliphatic rings. The van der Waals surface area contributed by atoms with Gasteiger partial charge in [0.2, 0.25) is 0 Å². The highest BCUT2D eigenvalue weighted by Gasteiger charge is 2.30. The highest BCUT2D eigenvalue weighted by atomic mass is 31.2. The molecule has 7 atom stereocenters. The molecule has 0 bridgehead atoms. The highest BCUT2D eigenvalue weighted by molar-refractivity contribution is 7.47. The molecule has 0 fully saturated rings. The van der Waals surface area contributed by atoms with Gasteiger partial charge < -0.3 is 33.8 Å². The van der Waals surface area contributed by atoms with Crippen molar-refractivity contribution in [2.24, 2.45) is 23.7 Å². The predicted molar refractivity (Wildman–Crippen MR) is 358 cm³/mol. The Hall–Kier alpha value is -1.94. The number of hydrogen-bond acceptors (Lipinski definition) is 15. The zero-order chi connectivity index (χ0) is 66.1. The van der Waals surface area contributed by atoms with E-state index in [-0.39, 0.29) is 25.7 Å². The van der Waals surface area contributed by atoms with Gasteiger partial charge in [0, 0.05) is 25.7 Å². The van der Waals surface area contributed by atoms with E-state index in [0.717, 1.165) is 114 Å². The molecule has 17 nitrogen and oxygen atoms in total. The van der Waals surface area contributed by atoms with Gasteiger partial charge in [0.05, 0.1) is 26.4 Å². The van der Waals surface area contributed by atoms with Crippen LogP contribution in [0.5, 0.6) is 0 Å². The Labute approximate surface area is 543 Å². The summed E-state index contributed by atoms with van der Waals surface area (Å²) in [6, 6.07) is 0. The number of phosphoric ester groups is 2. The summed E-state index contributed by atoms with van der Waals surface area (Å²) in [6.45, 7) is 14.1. The molecule has 0 aliphatic heterocycles. The lowest BCUT2D eigenvalue weighted by atomic mass is 9.99. The van der Waals surface area contributed by atoms with Crippen LogP contribution in [0, 0.1) is 23.7 Å². The molecule has 0 aliphatic carbocycles. The van der Waals surface area contributed by atoms with Crippen molar-refractivity contribution in [3.63, 3.8) is 0 Å². The minimum Gasteiger partial charge on any atom is -0.462 e. The largest absolute Gasteiger partial charge is 0.472 e. The smallest absolute Gasteiger partial charge is 0.462 e. The second kappa shape index (κ2) is 59.8. The molecule has 0 saturated heterocycles. The molecular weight excluding hydrogens is 1170 g/mol. The van der Waals surface area contributed by atoms with Gasteiger partial charge in [-0.2, -0.15) is 0 Å². The predicted octanol–water partition coefficient (Wildman–Crippen LogP) is 19.7. The first-order chi connectivity index (χ1) is 42.7. The van der Waals surface area contributed by atoms with E-state index in [1.165, 1.54) is 148 Å². The van der Waals surface area contributed by atoms with E-state index in [1.807, 2.05) is 0 Å². The Morgan fingerprint density at radius 3 is 0.798 bits per heavy atom. The van der Waals surface area contributed by atoms with Gasteiger partial charge in [-0.05, 0) is 49.4 Å². The van der Waals surface area contributed by atoms with E-state index in [2.05, 4.69) is 55.4 Å². The van der Waals surface area contributed by atoms with Gasteiger partial charge in [-0.15, -0.1) is 0 Å². The van der Waals surface area contributed by atoms with E-state index < -0.39 is 97.5 Å². The van der Waals surface area contributed by atoms with Crippen molar-refractivity contribution in [2.75, 3.05) is 39.6 Å². The minimum atomic E-state index is -4.95. The number of ether oxygens (including phenoxy) is 4. The van der Waals surface area contributed by atoms with Crippen molar-refractivity contribution in [3.05, 3.63) is 0 Å². The lowest BCUT2D eigenvalue weighted by Gasteiger charge is -2.21. The van der Waals surface area contributed by atoms with Crippen LogP contribution in [0.3, 0.4) is 0 Å². The maximum absolute atomic E-state index is 13.0. The number of esters is 4. The summed E-state index contributed by atoms with van der Waals surface area (Å²) >= 11 is 0. The van der Waals surface area contributed by atoms with Crippen molar-refractivity contribution < 1.29 is 80.2 Å². The van der Waals surface area contributed by atoms with Crippen molar-refractivity contribution >= 4 is 39.5 Å². The number of hydrogen-bond donors (Lipinski definition) is 3. The second-order valence-corrected chi connectivity index (χ2v) is 29.6. The Kier molecular flexibility index (Phi) is 58.5. The number of carbonyl (C=O) groups is 4. The van der Waals surface area contributed by atoms with Crippen LogP contribution in [-0.2, 0) is 65.4 Å². The van der Waals surface area contributed by atoms with E-state index in [4.69, 9.17) is 37.0 Å². The van der Waals surface area contributed by atoms with E-state index in [1.54, 1.807) is 0 Å². The Balaban J connectivity index is 5.27. The SMILES string of the molecule is CCC(C)CCCCCCCCCCC(=O)O[C@H](COC(=O)CCCCCCCCCCCCCC(C)C)COP(=O)(O)OCC(O)COP(=O)(O)OC[C@@H](COC(=O)CCCCCCCCCCC(C)C)OC(=O)CCCCCCCCCCC(C)CC. The Morgan fingerprint density at radius 2 is 0.539 bits per heavy atom. The molecule has 89 heavy (non-hydrogen) atoms. The van der Waals surface area contributed by atoms with Gasteiger partial charge in [-0.1, -0.05) is 293 Å². The molecule has 0 aromatic heterocycles. The molecule has 0 aromatic carbocycles. The molecule has 0 radical (unpaired) electrons. The Morgan fingerprint density at radius 1 is 0.315 bits per heavy atom. The molecule has 0 aromatic rings. The van der Waals surface area contributed by atoms with Crippen LogP contribution in [-0.4, -0.2) is 96.7 Å². The molecule has 3 N–H and O–H groups in total. The zero-order valence-electron chi connectivity index (χ0n) is 58.1. The molecule has 0 saturated carbocycles. The van der Waals surface area contributed by atoms with E-state index in [9.17, 15) is 43.2 Å². The number of unbranched alkanes of at least 4 members (excludes halogenated alkanes) is 31. The number of rotatable bonds is 67. The summed E-state index contributed by atoms with van der Waals surface area (Å²) in [5.41, 5.74) is 0. The quantitative estimate of drug-likeness (QED) is 0.0222. The Bertz CT molecular complexity index is 1770. The van der Waals surface area contributed by atoms with E-state index in [0.29, 0.717) is 25.7 Å². The molecule has 0 heterocycles. The first-order valence-electron chi connectivity index (χ1n) is 36.3. The van der Waals surface area contributed by atoms with Gasteiger partial charge in [-0.25, -0.2) is 9.13 Å². The fourth-order valence-corrected chi connectivity index (χ4v) is 12.0. The summed E-state index contributed by atoms with van der Waals surface area (Å²) in [4.78, 5) is 72.6. The van der Waals surface area contributed by atoms with Crippen LogP contribution in [0.1, 0.15) is 344 Å². The van der Waals surface area contributed by atoms with Gasteiger partial charge in [0.15, 0.2) is 12.2 Å². The van der Waals surface area contributed by atoms with Crippen LogP contribution < -0.4 is 0 Å². The minimum absolute atomic E-state index is 0.104. The third-order valence-corrected chi connectivity index (χ3v) is 18.7. The fourth-order valence-electron chi connectivity index (χ4n) is 10.4. The summed E-state index contributed by atoms with van der Waals surface area (Å²) in [7, 11) is -9.90. The monoisotopic (exact) mass is 1310 g/mol. The van der Waals surface area contributed by atoms with Gasteiger partial charge in [-0.3, -0.25) is 37.3 Å². The lowest BCUT2D eigenvalue weighted by molar-refractivity contribution is -0.161. The molecule has 0 spiro atoms. The van der Waals surface area contributed by atoms with E-state index >= 15 is 0 Å². The first-order valence-corrected chi connectivity index (χ1v) is 39.3. The molecule has 528 valence electrons. The normalized spacial score (nSPS) is 14.9. The topological polar surface area (TPSA) is 237 Å². The second-order valence-electron chi connectivity index (χ2n) is 26.7. The summed E-state index contributed by atoms with van der Waals surface area (Å²) in [5.74, 6) is 0.905. The average molecular weight is 1310 g/mol. The molecule has 19 heteroatoms. The lowest BCUT2D eigenvalue weighted by Crippen LogP contribution is -2.30. The maximum atomic E-state index is 13.0. The van der Waals surface area contributed by atoms with Gasteiger partial charge in [0.1, 0.15) is 19.3 Å². The summed E-state index contributed by atoms with van der Waals surface area (Å²) < 4.78 is 68.3. The van der Waals surface area contributed by atoms with Crippen LogP contribution in [0.4, 0.5) is 0 Å². The van der Waals surface area contributed by atoms with Crippen molar-refractivity contribution in [1.82, 2.24) is 0 Å². The molecular formula is C70H136O17P2. The molecule has 5 unspecified atom stereocenters. The number of aliphatic hydroxyl groups is 1. The number of aliphatic hydroxyl groups excluding tert-OH is 1. The summed E-state index contributed by atoms with van der Waals surface area (Å²) in [6.07, 6.45) is 41.6. The van der Waals surface area contributed by atoms with Crippen LogP contribution in [0.2, 0.25) is 0 Å². The van der Waals surface area contributed by atoms with Crippen molar-refractivity contribution in [1.29, 1.82) is 0 Å². The third kappa shape index (κ3) is 62.0.